The van der Waals surface area contributed by atoms with E-state index in [1.165, 1.54) is 5.56 Å². The van der Waals surface area contributed by atoms with Crippen molar-refractivity contribution in [2.24, 2.45) is 11.7 Å². The van der Waals surface area contributed by atoms with Crippen LogP contribution >= 0.6 is 0 Å². The number of hydrogen-bond acceptors (Lipinski definition) is 2. The van der Waals surface area contributed by atoms with Crippen LogP contribution in [0.2, 0.25) is 0 Å². The molecule has 1 aromatic carbocycles. The van der Waals surface area contributed by atoms with Gasteiger partial charge in [-0.2, -0.15) is 0 Å². The first kappa shape index (κ1) is 12.1. The molecule has 3 heteroatoms. The molecule has 1 aliphatic rings. The average molecular weight is 232 g/mol. The van der Waals surface area contributed by atoms with Gasteiger partial charge in [0.1, 0.15) is 0 Å². The largest absolute Gasteiger partial charge is 0.333 e. The minimum absolute atomic E-state index is 0.134. The summed E-state index contributed by atoms with van der Waals surface area (Å²) < 4.78 is 0. The van der Waals surface area contributed by atoms with E-state index in [2.05, 4.69) is 26.0 Å². The summed E-state index contributed by atoms with van der Waals surface area (Å²) >= 11 is 0. The van der Waals surface area contributed by atoms with Gasteiger partial charge in [0.15, 0.2) is 0 Å². The highest BCUT2D eigenvalue weighted by atomic mass is 16.2. The Morgan fingerprint density at radius 1 is 1.41 bits per heavy atom. The van der Waals surface area contributed by atoms with Crippen LogP contribution < -0.4 is 5.73 Å². The Morgan fingerprint density at radius 3 is 2.59 bits per heavy atom. The van der Waals surface area contributed by atoms with Crippen molar-refractivity contribution in [2.45, 2.75) is 32.4 Å². The number of rotatable bonds is 3. The van der Waals surface area contributed by atoms with Gasteiger partial charge in [-0.1, -0.05) is 30.3 Å². The van der Waals surface area contributed by atoms with E-state index in [-0.39, 0.29) is 18.0 Å². The molecular weight excluding hydrogens is 212 g/mol. The number of carbonyl (C=O) groups is 1. The van der Waals surface area contributed by atoms with E-state index in [4.69, 9.17) is 5.73 Å². The van der Waals surface area contributed by atoms with Crippen molar-refractivity contribution < 1.29 is 4.79 Å². The Morgan fingerprint density at radius 2 is 2.06 bits per heavy atom. The third-order valence-corrected chi connectivity index (χ3v) is 3.85. The Bertz CT molecular complexity index is 390. The lowest BCUT2D eigenvalue weighted by Gasteiger charge is -2.31. The number of amides is 1. The van der Waals surface area contributed by atoms with Crippen LogP contribution in [0.25, 0.3) is 0 Å². The summed E-state index contributed by atoms with van der Waals surface area (Å²) in [6, 6.07) is 10.5. The fraction of sp³-hybridized carbons (Fsp3) is 0.500. The number of likely N-dealkylation sites (tertiary alicyclic amines) is 1. The minimum atomic E-state index is 0.134. The molecule has 0 aromatic heterocycles. The molecule has 17 heavy (non-hydrogen) atoms. The third kappa shape index (κ3) is 2.20. The van der Waals surface area contributed by atoms with Gasteiger partial charge in [-0.15, -0.1) is 0 Å². The molecule has 2 N–H and O–H groups in total. The van der Waals surface area contributed by atoms with Crippen LogP contribution in [-0.4, -0.2) is 23.4 Å². The van der Waals surface area contributed by atoms with E-state index >= 15 is 0 Å². The van der Waals surface area contributed by atoms with Crippen LogP contribution in [0.3, 0.4) is 0 Å². The molecule has 0 aliphatic carbocycles. The van der Waals surface area contributed by atoms with Crippen molar-refractivity contribution in [1.82, 2.24) is 4.90 Å². The zero-order valence-corrected chi connectivity index (χ0v) is 10.5. The number of nitrogens with zero attached hydrogens (tertiary/aromatic N) is 1. The zero-order chi connectivity index (χ0) is 12.4. The fourth-order valence-electron chi connectivity index (χ4n) is 2.70. The molecule has 2 rings (SSSR count). The number of carbonyl (C=O) groups excluding carboxylic acids is 1. The zero-order valence-electron chi connectivity index (χ0n) is 10.5. The van der Waals surface area contributed by atoms with Crippen molar-refractivity contribution in [2.75, 3.05) is 6.54 Å². The average Bonchev–Trinajstić information content (AvgIpc) is 2.64. The van der Waals surface area contributed by atoms with Gasteiger partial charge < -0.3 is 10.6 Å². The Labute approximate surface area is 103 Å². The first-order valence-corrected chi connectivity index (χ1v) is 6.21. The van der Waals surface area contributed by atoms with Crippen LogP contribution in [-0.2, 0) is 4.79 Å². The molecule has 92 valence electrons. The lowest BCUT2D eigenvalue weighted by molar-refractivity contribution is -0.130. The molecule has 1 amide bonds. The summed E-state index contributed by atoms with van der Waals surface area (Å²) in [5.41, 5.74) is 6.89. The summed E-state index contributed by atoms with van der Waals surface area (Å²) in [7, 11) is 0. The SMILES string of the molecule is CC(c1ccccc1)N1C(=O)CC(CN)C1C. The van der Waals surface area contributed by atoms with Gasteiger partial charge in [0, 0.05) is 18.4 Å². The standard InChI is InChI=1S/C14H20N2O/c1-10(12-6-4-3-5-7-12)16-11(2)13(9-15)8-14(16)17/h3-7,10-11,13H,8-9,15H2,1-2H3. The maximum absolute atomic E-state index is 12.0. The van der Waals surface area contributed by atoms with Crippen LogP contribution in [0.4, 0.5) is 0 Å². The highest BCUT2D eigenvalue weighted by Crippen LogP contribution is 2.32. The van der Waals surface area contributed by atoms with E-state index in [1.807, 2.05) is 23.1 Å². The molecule has 0 saturated carbocycles. The van der Waals surface area contributed by atoms with E-state index in [9.17, 15) is 4.79 Å². The lowest BCUT2D eigenvalue weighted by atomic mass is 10.0. The van der Waals surface area contributed by atoms with Crippen molar-refractivity contribution in [3.63, 3.8) is 0 Å². The molecule has 3 atom stereocenters. The predicted octanol–water partition coefficient (Wildman–Crippen LogP) is 1.94. The molecule has 0 bridgehead atoms. The van der Waals surface area contributed by atoms with E-state index in [0.29, 0.717) is 18.9 Å². The lowest BCUT2D eigenvalue weighted by Crippen LogP contribution is -2.36. The molecule has 0 spiro atoms. The summed E-state index contributed by atoms with van der Waals surface area (Å²) in [6.45, 7) is 4.77. The number of nitrogens with two attached hydrogens (primary N) is 1. The molecule has 1 heterocycles. The van der Waals surface area contributed by atoms with Crippen molar-refractivity contribution in [1.29, 1.82) is 0 Å². The fourth-order valence-corrected chi connectivity index (χ4v) is 2.70. The van der Waals surface area contributed by atoms with Gasteiger partial charge in [0.25, 0.3) is 0 Å². The molecular formula is C14H20N2O. The van der Waals surface area contributed by atoms with Gasteiger partial charge in [-0.05, 0) is 26.0 Å². The van der Waals surface area contributed by atoms with Crippen molar-refractivity contribution in [3.05, 3.63) is 35.9 Å². The Kier molecular flexibility index (Phi) is 3.48. The van der Waals surface area contributed by atoms with Gasteiger partial charge in [-0.25, -0.2) is 0 Å². The number of benzene rings is 1. The van der Waals surface area contributed by atoms with Gasteiger partial charge in [0.2, 0.25) is 5.91 Å². The van der Waals surface area contributed by atoms with Gasteiger partial charge in [0.05, 0.1) is 6.04 Å². The van der Waals surface area contributed by atoms with Crippen LogP contribution in [0.5, 0.6) is 0 Å². The molecule has 3 unspecified atom stereocenters. The molecule has 1 saturated heterocycles. The highest BCUT2D eigenvalue weighted by Gasteiger charge is 2.38. The molecule has 1 aromatic rings. The van der Waals surface area contributed by atoms with Gasteiger partial charge in [-0.3, -0.25) is 4.79 Å². The second-order valence-corrected chi connectivity index (χ2v) is 4.83. The smallest absolute Gasteiger partial charge is 0.223 e. The Balaban J connectivity index is 2.20. The molecule has 3 nitrogen and oxygen atoms in total. The summed E-state index contributed by atoms with van der Waals surface area (Å²) in [5, 5.41) is 0. The highest BCUT2D eigenvalue weighted by molar-refractivity contribution is 5.79. The second kappa shape index (κ2) is 4.88. The Hall–Kier alpha value is -1.35. The van der Waals surface area contributed by atoms with Crippen LogP contribution in [0.15, 0.2) is 30.3 Å². The minimum Gasteiger partial charge on any atom is -0.333 e. The molecule has 1 fully saturated rings. The molecule has 0 radical (unpaired) electrons. The topological polar surface area (TPSA) is 46.3 Å². The second-order valence-electron chi connectivity index (χ2n) is 4.83. The maximum atomic E-state index is 12.0. The first-order valence-electron chi connectivity index (χ1n) is 6.21. The summed E-state index contributed by atoms with van der Waals surface area (Å²) in [4.78, 5) is 14.0. The quantitative estimate of drug-likeness (QED) is 0.865. The van der Waals surface area contributed by atoms with E-state index < -0.39 is 0 Å². The molecule has 1 aliphatic heterocycles. The maximum Gasteiger partial charge on any atom is 0.223 e. The summed E-state index contributed by atoms with van der Waals surface area (Å²) in [6.07, 6.45) is 0.592. The van der Waals surface area contributed by atoms with E-state index in [0.717, 1.165) is 0 Å². The van der Waals surface area contributed by atoms with Crippen LogP contribution in [0, 0.1) is 5.92 Å². The predicted molar refractivity (Wildman–Crippen MR) is 68.3 cm³/mol. The normalized spacial score (nSPS) is 26.3. The van der Waals surface area contributed by atoms with E-state index in [1.54, 1.807) is 0 Å². The first-order chi connectivity index (χ1) is 8.15. The number of hydrogen-bond donors (Lipinski definition) is 1. The monoisotopic (exact) mass is 232 g/mol. The van der Waals surface area contributed by atoms with Crippen molar-refractivity contribution in [3.8, 4) is 0 Å². The summed E-state index contributed by atoms with van der Waals surface area (Å²) in [5.74, 6) is 0.526. The van der Waals surface area contributed by atoms with Crippen LogP contribution in [0.1, 0.15) is 31.9 Å². The van der Waals surface area contributed by atoms with Crippen molar-refractivity contribution >= 4 is 5.91 Å². The third-order valence-electron chi connectivity index (χ3n) is 3.85. The van der Waals surface area contributed by atoms with Gasteiger partial charge >= 0.3 is 0 Å².